The molecule has 1 fully saturated rings. The maximum Gasteiger partial charge on any atom is 0.255 e. The predicted octanol–water partition coefficient (Wildman–Crippen LogP) is 1.38. The van der Waals surface area contributed by atoms with Gasteiger partial charge in [-0.1, -0.05) is 6.92 Å². The molecule has 2 atom stereocenters. The van der Waals surface area contributed by atoms with Gasteiger partial charge in [-0.2, -0.15) is 0 Å². The van der Waals surface area contributed by atoms with E-state index in [1.54, 1.807) is 12.1 Å². The van der Waals surface area contributed by atoms with E-state index in [-0.39, 0.29) is 17.2 Å². The number of carbonyl (C=O) groups is 1. The van der Waals surface area contributed by atoms with E-state index in [0.717, 1.165) is 19.5 Å². The van der Waals surface area contributed by atoms with Gasteiger partial charge in [0.2, 0.25) is 0 Å². The molecule has 20 heavy (non-hydrogen) atoms. The van der Waals surface area contributed by atoms with Crippen LogP contribution in [-0.4, -0.2) is 37.8 Å². The molecule has 1 aromatic carbocycles. The zero-order valence-corrected chi connectivity index (χ0v) is 12.0. The Morgan fingerprint density at radius 3 is 3.00 bits per heavy atom. The smallest absolute Gasteiger partial charge is 0.255 e. The van der Waals surface area contributed by atoms with Gasteiger partial charge in [-0.25, -0.2) is 0 Å². The fourth-order valence-electron chi connectivity index (χ4n) is 2.48. The molecule has 1 aliphatic heterocycles. The topological polar surface area (TPSA) is 70.6 Å². The summed E-state index contributed by atoms with van der Waals surface area (Å²) in [7, 11) is 1.52. The summed E-state index contributed by atoms with van der Waals surface area (Å²) < 4.78 is 5.00. The Balaban J connectivity index is 1.94. The maximum absolute atomic E-state index is 12.1. The molecule has 5 nitrogen and oxygen atoms in total. The summed E-state index contributed by atoms with van der Waals surface area (Å²) in [5.74, 6) is 1.26. The Morgan fingerprint density at radius 1 is 1.55 bits per heavy atom. The number of ether oxygens (including phenoxy) is 1. The van der Waals surface area contributed by atoms with Crippen molar-refractivity contribution in [3.8, 4) is 11.5 Å². The van der Waals surface area contributed by atoms with Gasteiger partial charge in [-0.3, -0.25) is 4.79 Å². The number of aromatic hydroxyl groups is 1. The highest BCUT2D eigenvalue weighted by atomic mass is 16.5. The number of phenolic OH excluding ortho intramolecular Hbond substituents is 1. The fourth-order valence-corrected chi connectivity index (χ4v) is 2.48. The summed E-state index contributed by atoms with van der Waals surface area (Å²) in [6, 6.07) is 4.69. The zero-order valence-electron chi connectivity index (χ0n) is 12.0. The summed E-state index contributed by atoms with van der Waals surface area (Å²) in [4.78, 5) is 12.1. The van der Waals surface area contributed by atoms with Crippen LogP contribution in [0.1, 0.15) is 23.7 Å². The average Bonchev–Trinajstić information content (AvgIpc) is 2.46. The molecule has 1 heterocycles. The number of nitrogens with one attached hydrogen (secondary N) is 2. The van der Waals surface area contributed by atoms with Crippen molar-refractivity contribution in [1.82, 2.24) is 10.6 Å². The van der Waals surface area contributed by atoms with Crippen LogP contribution >= 0.6 is 0 Å². The van der Waals surface area contributed by atoms with Crippen molar-refractivity contribution < 1.29 is 14.6 Å². The van der Waals surface area contributed by atoms with Crippen molar-refractivity contribution in [3.63, 3.8) is 0 Å². The number of amides is 1. The molecule has 1 saturated heterocycles. The number of rotatable bonds is 4. The normalized spacial score (nSPS) is 22.3. The van der Waals surface area contributed by atoms with Gasteiger partial charge in [-0.05, 0) is 43.5 Å². The Hall–Kier alpha value is -1.75. The highest BCUT2D eigenvalue weighted by molar-refractivity contribution is 5.97. The van der Waals surface area contributed by atoms with Crippen molar-refractivity contribution in [2.45, 2.75) is 13.3 Å². The van der Waals surface area contributed by atoms with Crippen LogP contribution in [0.25, 0.3) is 0 Å². The fraction of sp³-hybridized carbons (Fsp3) is 0.533. The minimum atomic E-state index is -0.247. The molecule has 0 spiro atoms. The van der Waals surface area contributed by atoms with Crippen molar-refractivity contribution >= 4 is 5.91 Å². The van der Waals surface area contributed by atoms with Gasteiger partial charge in [0.05, 0.1) is 12.7 Å². The first kappa shape index (κ1) is 14.7. The third-order valence-corrected chi connectivity index (χ3v) is 3.96. The molecule has 2 unspecified atom stereocenters. The highest BCUT2D eigenvalue weighted by Gasteiger charge is 2.22. The second-order valence-corrected chi connectivity index (χ2v) is 5.32. The first-order valence-corrected chi connectivity index (χ1v) is 6.97. The lowest BCUT2D eigenvalue weighted by Gasteiger charge is -2.29. The van der Waals surface area contributed by atoms with Crippen LogP contribution < -0.4 is 15.4 Å². The largest absolute Gasteiger partial charge is 0.507 e. The SMILES string of the molecule is COc1ccc(C(=O)NCC2CNCCC2C)c(O)c1. The van der Waals surface area contributed by atoms with Crippen molar-refractivity contribution in [2.24, 2.45) is 11.8 Å². The van der Waals surface area contributed by atoms with E-state index in [4.69, 9.17) is 4.74 Å². The lowest BCUT2D eigenvalue weighted by atomic mass is 9.88. The number of piperidine rings is 1. The Bertz CT molecular complexity index is 476. The van der Waals surface area contributed by atoms with E-state index in [9.17, 15) is 9.90 Å². The van der Waals surface area contributed by atoms with Gasteiger partial charge in [-0.15, -0.1) is 0 Å². The third-order valence-electron chi connectivity index (χ3n) is 3.96. The molecule has 0 bridgehead atoms. The number of carbonyl (C=O) groups excluding carboxylic acids is 1. The Labute approximate surface area is 119 Å². The van der Waals surface area contributed by atoms with Crippen LogP contribution in [-0.2, 0) is 0 Å². The molecule has 0 saturated carbocycles. The quantitative estimate of drug-likeness (QED) is 0.778. The summed E-state index contributed by atoms with van der Waals surface area (Å²) >= 11 is 0. The first-order chi connectivity index (χ1) is 9.61. The Morgan fingerprint density at radius 2 is 2.35 bits per heavy atom. The van der Waals surface area contributed by atoms with Crippen LogP contribution in [0.2, 0.25) is 0 Å². The molecule has 1 aromatic rings. The van der Waals surface area contributed by atoms with Gasteiger partial charge in [0.1, 0.15) is 11.5 Å². The molecule has 2 rings (SSSR count). The molecule has 0 aromatic heterocycles. The number of hydrogen-bond donors (Lipinski definition) is 3. The first-order valence-electron chi connectivity index (χ1n) is 6.97. The van der Waals surface area contributed by atoms with Gasteiger partial charge in [0.25, 0.3) is 5.91 Å². The molecule has 110 valence electrons. The van der Waals surface area contributed by atoms with Crippen molar-refractivity contribution in [3.05, 3.63) is 23.8 Å². The van der Waals surface area contributed by atoms with Crippen LogP contribution in [0.15, 0.2) is 18.2 Å². The number of phenols is 1. The van der Waals surface area contributed by atoms with E-state index < -0.39 is 0 Å². The van der Waals surface area contributed by atoms with E-state index in [1.807, 2.05) is 0 Å². The average molecular weight is 278 g/mol. The molecule has 1 amide bonds. The molecule has 5 heteroatoms. The highest BCUT2D eigenvalue weighted by Crippen LogP contribution is 2.23. The minimum absolute atomic E-state index is 0.0586. The van der Waals surface area contributed by atoms with E-state index in [0.29, 0.717) is 24.1 Å². The molecule has 1 aliphatic rings. The number of methoxy groups -OCH3 is 1. The lowest BCUT2D eigenvalue weighted by molar-refractivity contribution is 0.0936. The second kappa shape index (κ2) is 6.61. The molecule has 0 radical (unpaired) electrons. The van der Waals surface area contributed by atoms with Crippen LogP contribution in [0.4, 0.5) is 0 Å². The number of benzene rings is 1. The van der Waals surface area contributed by atoms with Crippen LogP contribution in [0, 0.1) is 11.8 Å². The minimum Gasteiger partial charge on any atom is -0.507 e. The number of hydrogen-bond acceptors (Lipinski definition) is 4. The van der Waals surface area contributed by atoms with Gasteiger partial charge >= 0.3 is 0 Å². The molecule has 3 N–H and O–H groups in total. The summed E-state index contributed by atoms with van der Waals surface area (Å²) in [6.45, 7) is 4.81. The summed E-state index contributed by atoms with van der Waals surface area (Å²) in [6.07, 6.45) is 1.13. The van der Waals surface area contributed by atoms with E-state index >= 15 is 0 Å². The second-order valence-electron chi connectivity index (χ2n) is 5.32. The summed E-state index contributed by atoms with van der Waals surface area (Å²) in [5, 5.41) is 16.1. The monoisotopic (exact) mass is 278 g/mol. The van der Waals surface area contributed by atoms with E-state index in [2.05, 4.69) is 17.6 Å². The molecular weight excluding hydrogens is 256 g/mol. The van der Waals surface area contributed by atoms with Crippen LogP contribution in [0.3, 0.4) is 0 Å². The molecular formula is C15H22N2O3. The van der Waals surface area contributed by atoms with Crippen molar-refractivity contribution in [2.75, 3.05) is 26.7 Å². The van der Waals surface area contributed by atoms with Gasteiger partial charge < -0.3 is 20.5 Å². The van der Waals surface area contributed by atoms with Crippen molar-refractivity contribution in [1.29, 1.82) is 0 Å². The zero-order chi connectivity index (χ0) is 14.5. The van der Waals surface area contributed by atoms with Gasteiger partial charge in [0.15, 0.2) is 0 Å². The predicted molar refractivity (Wildman–Crippen MR) is 77.1 cm³/mol. The Kier molecular flexibility index (Phi) is 4.84. The lowest BCUT2D eigenvalue weighted by Crippen LogP contribution is -2.42. The molecule has 0 aliphatic carbocycles. The van der Waals surface area contributed by atoms with Gasteiger partial charge in [0, 0.05) is 12.6 Å². The third kappa shape index (κ3) is 3.42. The standard InChI is InChI=1S/C15H22N2O3/c1-10-5-6-16-8-11(10)9-17-15(19)13-4-3-12(20-2)7-14(13)18/h3-4,7,10-11,16,18H,5-6,8-9H2,1-2H3,(H,17,19). The van der Waals surface area contributed by atoms with E-state index in [1.165, 1.54) is 13.2 Å². The van der Waals surface area contributed by atoms with Crippen LogP contribution in [0.5, 0.6) is 11.5 Å². The summed E-state index contributed by atoms with van der Waals surface area (Å²) in [5.41, 5.74) is 0.280. The maximum atomic E-state index is 12.1.